The van der Waals surface area contributed by atoms with Crippen molar-refractivity contribution in [1.82, 2.24) is 29.5 Å². The molecule has 0 unspecified atom stereocenters. The van der Waals surface area contributed by atoms with E-state index in [0.29, 0.717) is 17.8 Å². The molecular weight excluding hydrogens is 467 g/mol. The largest absolute Gasteiger partial charge is 0.353 e. The summed E-state index contributed by atoms with van der Waals surface area (Å²) in [6.45, 7) is 8.26. The smallest absolute Gasteiger partial charge is 0.158 e. The first-order valence-corrected chi connectivity index (χ1v) is 14.1. The number of aromatic amines is 1. The van der Waals surface area contributed by atoms with Crippen molar-refractivity contribution in [3.05, 3.63) is 47.3 Å². The van der Waals surface area contributed by atoms with E-state index in [9.17, 15) is 8.42 Å². The van der Waals surface area contributed by atoms with E-state index in [2.05, 4.69) is 39.9 Å². The lowest BCUT2D eigenvalue weighted by molar-refractivity contribution is 0.220. The van der Waals surface area contributed by atoms with Gasteiger partial charge in [-0.05, 0) is 50.4 Å². The first-order chi connectivity index (χ1) is 16.6. The molecule has 1 N–H and O–H groups in total. The summed E-state index contributed by atoms with van der Waals surface area (Å²) < 4.78 is 40.0. The first kappa shape index (κ1) is 23.9. The molecule has 1 saturated heterocycles. The SMILES string of the molecule is Cc1cc(-c2[nH]c3cc(F)c(C4CCN(CCS(C)(=O)=O)CC4)nc3c2C(C)C)cn2ncnc12. The van der Waals surface area contributed by atoms with Crippen LogP contribution in [0.3, 0.4) is 0 Å². The number of pyridine rings is 2. The second-order valence-corrected chi connectivity index (χ2v) is 12.3. The van der Waals surface area contributed by atoms with E-state index in [1.54, 1.807) is 10.6 Å². The molecular formula is C25H31FN6O2S. The number of likely N-dealkylation sites (tertiary alicyclic amines) is 1. The number of hydrogen-bond acceptors (Lipinski definition) is 6. The number of H-pyrrole nitrogens is 1. The molecule has 0 bridgehead atoms. The molecule has 1 aliphatic heterocycles. The summed E-state index contributed by atoms with van der Waals surface area (Å²) in [6, 6.07) is 3.65. The lowest BCUT2D eigenvalue weighted by Crippen LogP contribution is -2.36. The quantitative estimate of drug-likeness (QED) is 0.431. The van der Waals surface area contributed by atoms with Crippen LogP contribution in [-0.2, 0) is 9.84 Å². The van der Waals surface area contributed by atoms with Crippen molar-refractivity contribution in [2.45, 2.75) is 45.4 Å². The van der Waals surface area contributed by atoms with Gasteiger partial charge in [-0.1, -0.05) is 13.8 Å². The van der Waals surface area contributed by atoms with Crippen LogP contribution in [-0.4, -0.2) is 69.5 Å². The van der Waals surface area contributed by atoms with Gasteiger partial charge < -0.3 is 9.88 Å². The number of aromatic nitrogens is 5. The van der Waals surface area contributed by atoms with Gasteiger partial charge in [-0.2, -0.15) is 5.10 Å². The van der Waals surface area contributed by atoms with Gasteiger partial charge in [-0.15, -0.1) is 0 Å². The minimum atomic E-state index is -2.99. The molecule has 4 aromatic rings. The van der Waals surface area contributed by atoms with Crippen LogP contribution in [0.15, 0.2) is 24.7 Å². The van der Waals surface area contributed by atoms with Gasteiger partial charge >= 0.3 is 0 Å². The molecule has 0 radical (unpaired) electrons. The fraction of sp³-hybridized carbons (Fsp3) is 0.480. The van der Waals surface area contributed by atoms with Gasteiger partial charge in [0.15, 0.2) is 5.65 Å². The van der Waals surface area contributed by atoms with E-state index in [1.165, 1.54) is 12.6 Å². The van der Waals surface area contributed by atoms with Crippen molar-refractivity contribution >= 4 is 26.5 Å². The van der Waals surface area contributed by atoms with E-state index >= 15 is 4.39 Å². The molecule has 35 heavy (non-hydrogen) atoms. The molecule has 0 spiro atoms. The van der Waals surface area contributed by atoms with Crippen LogP contribution >= 0.6 is 0 Å². The number of aryl methyl sites for hydroxylation is 1. The zero-order valence-corrected chi connectivity index (χ0v) is 21.4. The summed E-state index contributed by atoms with van der Waals surface area (Å²) in [7, 11) is -2.99. The molecule has 186 valence electrons. The Kier molecular flexibility index (Phi) is 6.13. The predicted molar refractivity (Wildman–Crippen MR) is 135 cm³/mol. The Bertz CT molecular complexity index is 1500. The molecule has 0 atom stereocenters. The van der Waals surface area contributed by atoms with E-state index in [4.69, 9.17) is 4.98 Å². The van der Waals surface area contributed by atoms with Gasteiger partial charge in [0.25, 0.3) is 0 Å². The van der Waals surface area contributed by atoms with Gasteiger partial charge in [0.2, 0.25) is 0 Å². The van der Waals surface area contributed by atoms with Crippen LogP contribution in [0.5, 0.6) is 0 Å². The summed E-state index contributed by atoms with van der Waals surface area (Å²) in [5.41, 5.74) is 6.77. The number of fused-ring (bicyclic) bond motifs is 2. The number of nitrogens with zero attached hydrogens (tertiary/aromatic N) is 5. The molecule has 0 aromatic carbocycles. The fourth-order valence-electron chi connectivity index (χ4n) is 5.16. The Balaban J connectivity index is 1.49. The fourth-order valence-corrected chi connectivity index (χ4v) is 5.75. The van der Waals surface area contributed by atoms with E-state index in [-0.39, 0.29) is 23.4 Å². The second-order valence-electron chi connectivity index (χ2n) is 10.0. The molecule has 8 nitrogen and oxygen atoms in total. The average Bonchev–Trinajstić information content (AvgIpc) is 3.41. The van der Waals surface area contributed by atoms with Gasteiger partial charge in [0.1, 0.15) is 22.0 Å². The maximum absolute atomic E-state index is 15.3. The van der Waals surface area contributed by atoms with E-state index in [0.717, 1.165) is 59.5 Å². The highest BCUT2D eigenvalue weighted by atomic mass is 32.2. The molecule has 10 heteroatoms. The highest BCUT2D eigenvalue weighted by Gasteiger charge is 2.27. The Morgan fingerprint density at radius 2 is 1.97 bits per heavy atom. The Labute approximate surface area is 204 Å². The number of sulfone groups is 1. The monoisotopic (exact) mass is 498 g/mol. The second kappa shape index (κ2) is 8.98. The molecule has 0 aliphatic carbocycles. The van der Waals surface area contributed by atoms with Crippen LogP contribution in [0.1, 0.15) is 55.3 Å². The standard InChI is InChI=1S/C25H31FN6O2S/c1-15(2)21-23(18-11-16(3)25-27-14-28-32(25)13-18)29-20-12-19(26)22(30-24(20)21)17-5-7-31(8-6-17)9-10-35(4,33)34/h11-15,17,29H,5-10H2,1-4H3. The van der Waals surface area contributed by atoms with Crippen LogP contribution in [0.2, 0.25) is 0 Å². The van der Waals surface area contributed by atoms with Crippen LogP contribution in [0.25, 0.3) is 27.9 Å². The molecule has 5 rings (SSSR count). The third-order valence-electron chi connectivity index (χ3n) is 6.97. The third-order valence-corrected chi connectivity index (χ3v) is 7.89. The van der Waals surface area contributed by atoms with Crippen molar-refractivity contribution in [3.8, 4) is 11.3 Å². The van der Waals surface area contributed by atoms with Crippen LogP contribution in [0.4, 0.5) is 4.39 Å². The number of hydrogen-bond donors (Lipinski definition) is 1. The van der Waals surface area contributed by atoms with Crippen molar-refractivity contribution in [3.63, 3.8) is 0 Å². The summed E-state index contributed by atoms with van der Waals surface area (Å²) in [4.78, 5) is 14.8. The number of piperidine rings is 1. The Hall–Kier alpha value is -2.85. The van der Waals surface area contributed by atoms with E-state index in [1.807, 2.05) is 13.1 Å². The average molecular weight is 499 g/mol. The summed E-state index contributed by atoms with van der Waals surface area (Å²) in [5, 5.41) is 4.29. The zero-order chi connectivity index (χ0) is 24.9. The minimum absolute atomic E-state index is 0.0148. The third kappa shape index (κ3) is 4.69. The number of nitrogens with one attached hydrogen (secondary N) is 1. The molecule has 1 aliphatic rings. The lowest BCUT2D eigenvalue weighted by Gasteiger charge is -2.31. The van der Waals surface area contributed by atoms with Crippen molar-refractivity contribution < 1.29 is 12.8 Å². The normalized spacial score (nSPS) is 16.2. The van der Waals surface area contributed by atoms with Gasteiger partial charge in [-0.25, -0.2) is 27.3 Å². The zero-order valence-electron chi connectivity index (χ0n) is 20.5. The topological polar surface area (TPSA) is 96.2 Å². The number of halogens is 1. The Morgan fingerprint density at radius 1 is 1.23 bits per heavy atom. The van der Waals surface area contributed by atoms with Crippen molar-refractivity contribution in [2.24, 2.45) is 0 Å². The summed E-state index contributed by atoms with van der Waals surface area (Å²) in [6.07, 6.45) is 6.26. The molecule has 5 heterocycles. The highest BCUT2D eigenvalue weighted by Crippen LogP contribution is 2.37. The van der Waals surface area contributed by atoms with Gasteiger partial charge in [0, 0.05) is 42.1 Å². The summed E-state index contributed by atoms with van der Waals surface area (Å²) in [5.74, 6) is 0.0493. The van der Waals surface area contributed by atoms with Gasteiger partial charge in [-0.3, -0.25) is 0 Å². The highest BCUT2D eigenvalue weighted by molar-refractivity contribution is 7.90. The minimum Gasteiger partial charge on any atom is -0.353 e. The molecule has 0 saturated carbocycles. The first-order valence-electron chi connectivity index (χ1n) is 12.0. The predicted octanol–water partition coefficient (Wildman–Crippen LogP) is 4.07. The lowest BCUT2D eigenvalue weighted by atomic mass is 9.92. The molecule has 0 amide bonds. The van der Waals surface area contributed by atoms with Crippen molar-refractivity contribution in [1.29, 1.82) is 0 Å². The van der Waals surface area contributed by atoms with Crippen molar-refractivity contribution in [2.75, 3.05) is 31.6 Å². The summed E-state index contributed by atoms with van der Waals surface area (Å²) >= 11 is 0. The van der Waals surface area contributed by atoms with E-state index < -0.39 is 9.84 Å². The maximum Gasteiger partial charge on any atom is 0.158 e. The van der Waals surface area contributed by atoms with Gasteiger partial charge in [0.05, 0.1) is 28.2 Å². The van der Waals surface area contributed by atoms with Crippen LogP contribution < -0.4 is 0 Å². The number of rotatable bonds is 6. The maximum atomic E-state index is 15.3. The van der Waals surface area contributed by atoms with Crippen LogP contribution in [0, 0.1) is 12.7 Å². The molecule has 4 aromatic heterocycles. The molecule has 1 fully saturated rings. The Morgan fingerprint density at radius 3 is 2.66 bits per heavy atom.